The molecule has 1 aliphatic heterocycles. The highest BCUT2D eigenvalue weighted by Gasteiger charge is 2.44. The van der Waals surface area contributed by atoms with Crippen LogP contribution in [0.1, 0.15) is 32.3 Å². The highest BCUT2D eigenvalue weighted by Crippen LogP contribution is 2.39. The molecule has 1 amide bonds. The summed E-state index contributed by atoms with van der Waals surface area (Å²) in [7, 11) is 1.34. The fraction of sp³-hybridized carbons (Fsp3) is 0.562. The lowest BCUT2D eigenvalue weighted by atomic mass is 9.90. The predicted octanol–water partition coefficient (Wildman–Crippen LogP) is 3.46. The van der Waals surface area contributed by atoms with E-state index in [2.05, 4.69) is 27.6 Å². The minimum Gasteiger partial charge on any atom is -0.469 e. The van der Waals surface area contributed by atoms with Gasteiger partial charge in [0.05, 0.1) is 13.0 Å². The Hall–Kier alpha value is -1.09. The third-order valence-corrected chi connectivity index (χ3v) is 4.98. The molecule has 1 aromatic heterocycles. The molecular weight excluding hydrogens is 447 g/mol. The Kier molecular flexibility index (Phi) is 5.95. The summed E-state index contributed by atoms with van der Waals surface area (Å²) in [6.45, 7) is 5.97. The first kappa shape index (κ1) is 19.2. The van der Waals surface area contributed by atoms with Crippen LogP contribution in [0.4, 0.5) is 4.79 Å². The lowest BCUT2D eigenvalue weighted by Gasteiger charge is -2.24. The topological polar surface area (TPSA) is 68.7 Å². The fourth-order valence-electron chi connectivity index (χ4n) is 2.72. The average Bonchev–Trinajstić information content (AvgIpc) is 2.89. The van der Waals surface area contributed by atoms with E-state index in [0.717, 1.165) is 9.13 Å². The van der Waals surface area contributed by atoms with Crippen molar-refractivity contribution in [1.29, 1.82) is 0 Å². The summed E-state index contributed by atoms with van der Waals surface area (Å²) in [6.07, 6.45) is 1.16. The molecule has 24 heavy (non-hydrogen) atoms. The van der Waals surface area contributed by atoms with Crippen molar-refractivity contribution in [3.05, 3.63) is 26.5 Å². The van der Waals surface area contributed by atoms with E-state index in [1.807, 2.05) is 6.07 Å². The van der Waals surface area contributed by atoms with Crippen molar-refractivity contribution in [1.82, 2.24) is 9.88 Å². The van der Waals surface area contributed by atoms with Crippen LogP contribution < -0.4 is 0 Å². The van der Waals surface area contributed by atoms with E-state index >= 15 is 0 Å². The van der Waals surface area contributed by atoms with Crippen LogP contribution >= 0.6 is 34.2 Å². The molecular formula is C16H20ClIN2O4. The van der Waals surface area contributed by atoms with Crippen LogP contribution in [0.3, 0.4) is 0 Å². The largest absolute Gasteiger partial charge is 0.469 e. The molecule has 2 heterocycles. The standard InChI is InChI=1S/C16H20ClIN2O4/c1-16(2,3)24-15(22)20-7-9(10(8-20)14(21)23-4)12-11(18)5-6-19-13(12)17/h5-6,9-10H,7-8H2,1-4H3. The molecule has 1 aliphatic rings. The van der Waals surface area contributed by atoms with Gasteiger partial charge in [-0.25, -0.2) is 9.78 Å². The first-order valence-electron chi connectivity index (χ1n) is 7.49. The summed E-state index contributed by atoms with van der Waals surface area (Å²) >= 11 is 8.41. The van der Waals surface area contributed by atoms with Gasteiger partial charge in [0, 0.05) is 34.3 Å². The van der Waals surface area contributed by atoms with Crippen molar-refractivity contribution in [3.8, 4) is 0 Å². The molecule has 0 aliphatic carbocycles. The van der Waals surface area contributed by atoms with E-state index in [9.17, 15) is 9.59 Å². The molecule has 0 N–H and O–H groups in total. The van der Waals surface area contributed by atoms with Crippen LogP contribution in [0.2, 0.25) is 5.15 Å². The molecule has 1 fully saturated rings. The predicted molar refractivity (Wildman–Crippen MR) is 98.0 cm³/mol. The van der Waals surface area contributed by atoms with Crippen LogP contribution in [0.15, 0.2) is 12.3 Å². The second-order valence-electron chi connectivity index (χ2n) is 6.62. The number of carbonyl (C=O) groups is 2. The monoisotopic (exact) mass is 466 g/mol. The van der Waals surface area contributed by atoms with E-state index in [0.29, 0.717) is 11.7 Å². The summed E-state index contributed by atoms with van der Waals surface area (Å²) in [5.41, 5.74) is 0.164. The quantitative estimate of drug-likeness (QED) is 0.379. The van der Waals surface area contributed by atoms with Crippen LogP contribution in [0.5, 0.6) is 0 Å². The van der Waals surface area contributed by atoms with Crippen LogP contribution in [-0.4, -0.2) is 47.7 Å². The lowest BCUT2D eigenvalue weighted by Crippen LogP contribution is -2.36. The van der Waals surface area contributed by atoms with E-state index in [-0.39, 0.29) is 18.4 Å². The van der Waals surface area contributed by atoms with E-state index in [1.165, 1.54) is 12.0 Å². The van der Waals surface area contributed by atoms with Gasteiger partial charge in [0.1, 0.15) is 10.8 Å². The number of hydrogen-bond donors (Lipinski definition) is 0. The Balaban J connectivity index is 2.32. The van der Waals surface area contributed by atoms with E-state index in [4.69, 9.17) is 21.1 Å². The number of carbonyl (C=O) groups excluding carboxylic acids is 2. The van der Waals surface area contributed by atoms with E-state index in [1.54, 1.807) is 27.0 Å². The zero-order chi connectivity index (χ0) is 18.1. The van der Waals surface area contributed by atoms with Gasteiger partial charge in [-0.15, -0.1) is 0 Å². The number of likely N-dealkylation sites (tertiary alicyclic amines) is 1. The van der Waals surface area contributed by atoms with E-state index < -0.39 is 17.6 Å². The summed E-state index contributed by atoms with van der Waals surface area (Å²) in [5, 5.41) is 0.340. The second-order valence-corrected chi connectivity index (χ2v) is 8.14. The normalized spacial score (nSPS) is 20.8. The summed E-state index contributed by atoms with van der Waals surface area (Å²) in [5.74, 6) is -1.16. The molecule has 2 rings (SSSR count). The minimum absolute atomic E-state index is 0.230. The smallest absolute Gasteiger partial charge is 0.410 e. The van der Waals surface area contributed by atoms with Crippen molar-refractivity contribution in [2.24, 2.45) is 5.92 Å². The first-order chi connectivity index (χ1) is 11.1. The summed E-state index contributed by atoms with van der Waals surface area (Å²) < 4.78 is 11.2. The lowest BCUT2D eigenvalue weighted by molar-refractivity contribution is -0.145. The molecule has 1 aromatic rings. The molecule has 8 heteroatoms. The van der Waals surface area contributed by atoms with Gasteiger partial charge in [-0.05, 0) is 49.4 Å². The summed E-state index contributed by atoms with van der Waals surface area (Å²) in [4.78, 5) is 30.2. The molecule has 0 bridgehead atoms. The van der Waals surface area contributed by atoms with Gasteiger partial charge in [-0.2, -0.15) is 0 Å². The number of aromatic nitrogens is 1. The van der Waals surface area contributed by atoms with Gasteiger partial charge in [0.15, 0.2) is 0 Å². The molecule has 0 saturated carbocycles. The molecule has 2 unspecified atom stereocenters. The Labute approximate surface area is 160 Å². The maximum Gasteiger partial charge on any atom is 0.410 e. The van der Waals surface area contributed by atoms with Gasteiger partial charge >= 0.3 is 12.1 Å². The van der Waals surface area contributed by atoms with Gasteiger partial charge in [-0.3, -0.25) is 4.79 Å². The zero-order valence-electron chi connectivity index (χ0n) is 14.0. The highest BCUT2D eigenvalue weighted by molar-refractivity contribution is 14.1. The Bertz CT molecular complexity index is 627. The number of rotatable bonds is 2. The number of nitrogens with zero attached hydrogens (tertiary/aromatic N) is 2. The van der Waals surface area contributed by atoms with Gasteiger partial charge in [0.25, 0.3) is 0 Å². The van der Waals surface area contributed by atoms with Crippen LogP contribution in [0.25, 0.3) is 0 Å². The third-order valence-electron chi connectivity index (χ3n) is 3.73. The second kappa shape index (κ2) is 7.43. The van der Waals surface area contributed by atoms with Crippen molar-refractivity contribution in [2.45, 2.75) is 32.3 Å². The Morgan fingerprint density at radius 3 is 2.58 bits per heavy atom. The van der Waals surface area contributed by atoms with Crippen molar-refractivity contribution >= 4 is 46.3 Å². The van der Waals surface area contributed by atoms with Crippen molar-refractivity contribution in [2.75, 3.05) is 20.2 Å². The fourth-order valence-corrected chi connectivity index (χ4v) is 3.99. The van der Waals surface area contributed by atoms with Crippen molar-refractivity contribution in [3.63, 3.8) is 0 Å². The molecule has 2 atom stereocenters. The molecule has 0 radical (unpaired) electrons. The SMILES string of the molecule is COC(=O)C1CN(C(=O)OC(C)(C)C)CC1c1c(I)ccnc1Cl. The van der Waals surface area contributed by atoms with Gasteiger partial charge in [-0.1, -0.05) is 11.6 Å². The van der Waals surface area contributed by atoms with Crippen LogP contribution in [-0.2, 0) is 14.3 Å². The molecule has 0 aromatic carbocycles. The van der Waals surface area contributed by atoms with Gasteiger partial charge in [0.2, 0.25) is 0 Å². The minimum atomic E-state index is -0.601. The number of pyridine rings is 1. The molecule has 0 spiro atoms. The Morgan fingerprint density at radius 1 is 1.38 bits per heavy atom. The molecule has 132 valence electrons. The zero-order valence-corrected chi connectivity index (χ0v) is 16.9. The number of methoxy groups -OCH3 is 1. The van der Waals surface area contributed by atoms with Crippen LogP contribution in [0, 0.1) is 9.49 Å². The van der Waals surface area contributed by atoms with Crippen molar-refractivity contribution < 1.29 is 19.1 Å². The summed E-state index contributed by atoms with van der Waals surface area (Å²) in [6, 6.07) is 1.83. The number of ether oxygens (including phenoxy) is 2. The number of amides is 1. The average molecular weight is 467 g/mol. The number of hydrogen-bond acceptors (Lipinski definition) is 5. The number of esters is 1. The Morgan fingerprint density at radius 2 is 2.04 bits per heavy atom. The maximum atomic E-state index is 12.4. The third kappa shape index (κ3) is 4.30. The molecule has 1 saturated heterocycles. The number of halogens is 2. The maximum absolute atomic E-state index is 12.4. The first-order valence-corrected chi connectivity index (χ1v) is 8.95. The van der Waals surface area contributed by atoms with Gasteiger partial charge < -0.3 is 14.4 Å². The highest BCUT2D eigenvalue weighted by atomic mass is 127. The molecule has 6 nitrogen and oxygen atoms in total.